The van der Waals surface area contributed by atoms with Crippen LogP contribution < -0.4 is 15.7 Å². The number of carbonyl (C=O) groups is 2. The summed E-state index contributed by atoms with van der Waals surface area (Å²) in [4.78, 5) is 37.9. The lowest BCUT2D eigenvalue weighted by Crippen LogP contribution is -2.59. The van der Waals surface area contributed by atoms with Gasteiger partial charge in [-0.05, 0) is 62.1 Å². The fourth-order valence-electron chi connectivity index (χ4n) is 4.57. The molecule has 1 atom stereocenters. The average molecular weight is 458 g/mol. The minimum Gasteiger partial charge on any atom is -0.465 e. The van der Waals surface area contributed by atoms with Crippen molar-refractivity contribution in [1.82, 2.24) is 20.7 Å². The lowest BCUT2D eigenvalue weighted by molar-refractivity contribution is -0.131. The average Bonchev–Trinajstić information content (AvgIpc) is 3.26. The third-order valence-electron chi connectivity index (χ3n) is 6.44. The predicted octanol–water partition coefficient (Wildman–Crippen LogP) is 2.49. The molecule has 176 valence electrons. The Kier molecular flexibility index (Phi) is 6.37. The molecule has 1 saturated heterocycles. The molecule has 0 aliphatic carbocycles. The van der Waals surface area contributed by atoms with Crippen molar-refractivity contribution in [2.75, 3.05) is 38.1 Å². The summed E-state index contributed by atoms with van der Waals surface area (Å²) in [5, 5.41) is 12.8. The number of hydroxylamine groups is 1. The van der Waals surface area contributed by atoms with E-state index in [0.29, 0.717) is 38.2 Å². The highest BCUT2D eigenvalue weighted by Gasteiger charge is 2.49. The number of halogens is 1. The van der Waals surface area contributed by atoms with Crippen molar-refractivity contribution < 1.29 is 23.9 Å². The second-order valence-corrected chi connectivity index (χ2v) is 8.33. The van der Waals surface area contributed by atoms with Gasteiger partial charge in [0.05, 0.1) is 12.1 Å². The normalized spacial score (nSPS) is 20.9. The number of carboxylic acid groups (broad SMARTS) is 1. The van der Waals surface area contributed by atoms with E-state index in [1.54, 1.807) is 26.1 Å². The van der Waals surface area contributed by atoms with Gasteiger partial charge in [0, 0.05) is 32.1 Å². The van der Waals surface area contributed by atoms with Crippen LogP contribution in [-0.4, -0.2) is 65.8 Å². The first-order valence-corrected chi connectivity index (χ1v) is 11.0. The molecule has 0 saturated carbocycles. The number of fused-ring (bicyclic) bond motifs is 1. The van der Waals surface area contributed by atoms with Gasteiger partial charge in [-0.1, -0.05) is 0 Å². The first-order chi connectivity index (χ1) is 15.9. The van der Waals surface area contributed by atoms with Crippen LogP contribution in [0.3, 0.4) is 0 Å². The van der Waals surface area contributed by atoms with Crippen LogP contribution in [0.1, 0.15) is 19.8 Å². The van der Waals surface area contributed by atoms with Crippen molar-refractivity contribution >= 4 is 28.7 Å². The first kappa shape index (κ1) is 22.8. The van der Waals surface area contributed by atoms with E-state index in [1.165, 1.54) is 17.0 Å². The van der Waals surface area contributed by atoms with Crippen molar-refractivity contribution in [3.63, 3.8) is 0 Å². The summed E-state index contributed by atoms with van der Waals surface area (Å²) >= 11 is 0. The molecule has 1 fully saturated rings. The van der Waals surface area contributed by atoms with E-state index in [1.807, 2.05) is 12.1 Å². The number of nitrogens with one attached hydrogen (secondary N) is 2. The van der Waals surface area contributed by atoms with Gasteiger partial charge in [-0.3, -0.25) is 4.79 Å². The maximum Gasteiger partial charge on any atom is 0.407 e. The van der Waals surface area contributed by atoms with Crippen molar-refractivity contribution in [2.24, 2.45) is 5.92 Å². The molecule has 1 unspecified atom stereocenters. The summed E-state index contributed by atoms with van der Waals surface area (Å²) in [6.45, 7) is 3.50. The number of hydrogen-bond donors (Lipinski definition) is 3. The molecular formula is C23H28FN5O4. The number of nitrogens with zero attached hydrogens (tertiary/aromatic N) is 3. The molecule has 2 aliphatic rings. The zero-order valence-electron chi connectivity index (χ0n) is 18.7. The number of hydrogen-bond acceptors (Lipinski definition) is 6. The van der Waals surface area contributed by atoms with Crippen molar-refractivity contribution in [1.29, 1.82) is 0 Å². The summed E-state index contributed by atoms with van der Waals surface area (Å²) in [5.41, 5.74) is 2.56. The fraction of sp³-hybridized carbons (Fsp3) is 0.435. The van der Waals surface area contributed by atoms with E-state index < -0.39 is 11.6 Å². The molecule has 0 spiro atoms. The number of benzene rings is 1. The van der Waals surface area contributed by atoms with Gasteiger partial charge in [0.25, 0.3) is 0 Å². The maximum absolute atomic E-state index is 13.4. The second-order valence-electron chi connectivity index (χ2n) is 8.33. The molecule has 2 aliphatic heterocycles. The smallest absolute Gasteiger partial charge is 0.407 e. The Balaban J connectivity index is 1.50. The van der Waals surface area contributed by atoms with Gasteiger partial charge in [-0.15, -0.1) is 5.48 Å². The van der Waals surface area contributed by atoms with E-state index in [4.69, 9.17) is 4.84 Å². The Morgan fingerprint density at radius 3 is 2.76 bits per heavy atom. The van der Waals surface area contributed by atoms with E-state index >= 15 is 0 Å². The van der Waals surface area contributed by atoms with Gasteiger partial charge in [0.15, 0.2) is 5.54 Å². The molecule has 3 N–H and O–H groups in total. The molecule has 1 aromatic carbocycles. The molecule has 2 aromatic rings. The van der Waals surface area contributed by atoms with E-state index in [0.717, 1.165) is 16.7 Å². The zero-order chi connectivity index (χ0) is 23.6. The number of rotatable bonds is 6. The van der Waals surface area contributed by atoms with Crippen LogP contribution >= 0.6 is 0 Å². The van der Waals surface area contributed by atoms with Crippen LogP contribution in [-0.2, 0) is 9.63 Å². The van der Waals surface area contributed by atoms with E-state index in [9.17, 15) is 19.1 Å². The zero-order valence-corrected chi connectivity index (χ0v) is 18.7. The van der Waals surface area contributed by atoms with Crippen LogP contribution in [0.25, 0.3) is 10.9 Å². The Morgan fingerprint density at radius 2 is 2.09 bits per heavy atom. The van der Waals surface area contributed by atoms with Gasteiger partial charge in [0.1, 0.15) is 17.4 Å². The van der Waals surface area contributed by atoms with Gasteiger partial charge in [-0.2, -0.15) is 0 Å². The monoisotopic (exact) mass is 457 g/mol. The van der Waals surface area contributed by atoms with Crippen LogP contribution in [0, 0.1) is 11.7 Å². The molecule has 1 aromatic heterocycles. The van der Waals surface area contributed by atoms with Crippen molar-refractivity contribution in [3.05, 3.63) is 48.0 Å². The highest BCUT2D eigenvalue weighted by atomic mass is 19.1. The third-order valence-corrected chi connectivity index (χ3v) is 6.44. The largest absolute Gasteiger partial charge is 0.465 e. The minimum absolute atomic E-state index is 0.0549. The van der Waals surface area contributed by atoms with Crippen molar-refractivity contribution in [2.45, 2.75) is 25.3 Å². The second kappa shape index (κ2) is 9.22. The number of amides is 2. The summed E-state index contributed by atoms with van der Waals surface area (Å²) < 4.78 is 13.4. The highest BCUT2D eigenvalue weighted by molar-refractivity contribution is 5.89. The van der Waals surface area contributed by atoms with Gasteiger partial charge in [0.2, 0.25) is 5.91 Å². The topological polar surface area (TPSA) is 107 Å². The number of anilines is 1. The third kappa shape index (κ3) is 4.43. The minimum atomic E-state index is -1.07. The predicted molar refractivity (Wildman–Crippen MR) is 121 cm³/mol. The molecule has 3 heterocycles. The number of piperidine rings is 1. The highest BCUT2D eigenvalue weighted by Crippen LogP contribution is 2.35. The van der Waals surface area contributed by atoms with Crippen LogP contribution in [0.15, 0.2) is 42.2 Å². The van der Waals surface area contributed by atoms with E-state index in [-0.39, 0.29) is 24.2 Å². The van der Waals surface area contributed by atoms with Gasteiger partial charge in [-0.25, -0.2) is 14.2 Å². The fourth-order valence-corrected chi connectivity index (χ4v) is 4.57. The van der Waals surface area contributed by atoms with Gasteiger partial charge >= 0.3 is 6.09 Å². The lowest BCUT2D eigenvalue weighted by Gasteiger charge is -2.39. The van der Waals surface area contributed by atoms with Crippen LogP contribution in [0.4, 0.5) is 15.0 Å². The lowest BCUT2D eigenvalue weighted by atomic mass is 9.77. The molecule has 0 radical (unpaired) electrons. The summed E-state index contributed by atoms with van der Waals surface area (Å²) in [6, 6.07) is 8.28. The quantitative estimate of drug-likeness (QED) is 0.612. The summed E-state index contributed by atoms with van der Waals surface area (Å²) in [6.07, 6.45) is 2.08. The molecule has 0 bridgehead atoms. The summed E-state index contributed by atoms with van der Waals surface area (Å²) in [5.74, 6) is 0.657. The number of carbonyl (C=O) groups excluding carboxylic acids is 1. The molecule has 2 amide bonds. The SMILES string of the molecule is CCN(CC1=CC(C(=O)NC)(C2CCN(c3ccc4cc(F)ccc4n3)CC2)NO1)C(=O)O. The Hall–Kier alpha value is -3.40. The molecule has 33 heavy (non-hydrogen) atoms. The number of aromatic nitrogens is 1. The number of likely N-dealkylation sites (N-methyl/N-ethyl adjacent to an activating group) is 2. The van der Waals surface area contributed by atoms with Gasteiger partial charge < -0.3 is 25.1 Å². The van der Waals surface area contributed by atoms with Crippen LogP contribution in [0.2, 0.25) is 0 Å². The standard InChI is InChI=1S/C23H28FN5O4/c1-3-28(22(31)32)14-18-13-23(27-33-18,21(30)25-2)16-8-10-29(11-9-16)20-7-4-15-12-17(24)5-6-19(15)26-20/h4-7,12-13,16,27H,3,8-11,14H2,1-2H3,(H,25,30)(H,31,32). The van der Waals surface area contributed by atoms with Crippen LogP contribution in [0.5, 0.6) is 0 Å². The Morgan fingerprint density at radius 1 is 1.33 bits per heavy atom. The molecule has 9 nitrogen and oxygen atoms in total. The Bertz CT molecular complexity index is 1090. The molecule has 4 rings (SSSR count). The maximum atomic E-state index is 13.4. The van der Waals surface area contributed by atoms with Crippen molar-refractivity contribution in [3.8, 4) is 0 Å². The first-order valence-electron chi connectivity index (χ1n) is 11.0. The Labute approximate surface area is 191 Å². The molecule has 10 heteroatoms. The number of pyridine rings is 1. The van der Waals surface area contributed by atoms with E-state index in [2.05, 4.69) is 20.7 Å². The summed E-state index contributed by atoms with van der Waals surface area (Å²) in [7, 11) is 1.57. The molecular weight excluding hydrogens is 429 g/mol.